The highest BCUT2D eigenvalue weighted by Crippen LogP contribution is 2.44. The molecule has 21 heavy (non-hydrogen) atoms. The molecule has 5 nitrogen and oxygen atoms in total. The van der Waals surface area contributed by atoms with E-state index in [0.29, 0.717) is 24.1 Å². The number of halogens is 1. The number of amides is 1. The minimum atomic E-state index is -1.02. The third-order valence-electron chi connectivity index (χ3n) is 4.30. The van der Waals surface area contributed by atoms with Gasteiger partial charge in [-0.2, -0.15) is 0 Å². The van der Waals surface area contributed by atoms with Crippen LogP contribution in [0.5, 0.6) is 0 Å². The summed E-state index contributed by atoms with van der Waals surface area (Å²) < 4.78 is 19.0. The fraction of sp³-hybridized carbons (Fsp3) is 0.467. The molecule has 0 unspecified atom stereocenters. The number of aryl methyl sites for hydroxylation is 1. The Hall–Kier alpha value is -1.95. The lowest BCUT2D eigenvalue weighted by Gasteiger charge is -2.23. The summed E-state index contributed by atoms with van der Waals surface area (Å²) in [7, 11) is 0. The zero-order valence-electron chi connectivity index (χ0n) is 11.5. The van der Waals surface area contributed by atoms with Crippen LogP contribution in [0.4, 0.5) is 10.1 Å². The third kappa shape index (κ3) is 2.40. The van der Waals surface area contributed by atoms with Crippen molar-refractivity contribution in [1.29, 1.82) is 0 Å². The van der Waals surface area contributed by atoms with Crippen molar-refractivity contribution in [2.24, 2.45) is 11.8 Å². The highest BCUT2D eigenvalue weighted by atomic mass is 19.1. The van der Waals surface area contributed by atoms with Gasteiger partial charge in [-0.05, 0) is 37.5 Å². The van der Waals surface area contributed by atoms with E-state index in [-0.39, 0.29) is 6.10 Å². The molecule has 1 aromatic rings. The van der Waals surface area contributed by atoms with Gasteiger partial charge in [0.2, 0.25) is 5.91 Å². The number of anilines is 1. The number of aliphatic carboxylic acids is 1. The van der Waals surface area contributed by atoms with Crippen LogP contribution >= 0.6 is 0 Å². The molecule has 0 radical (unpaired) electrons. The van der Waals surface area contributed by atoms with E-state index in [1.165, 1.54) is 6.07 Å². The molecule has 2 N–H and O–H groups in total. The molecule has 0 spiro atoms. The second-order valence-corrected chi connectivity index (χ2v) is 5.63. The van der Waals surface area contributed by atoms with Crippen LogP contribution in [-0.4, -0.2) is 29.2 Å². The van der Waals surface area contributed by atoms with Gasteiger partial charge in [-0.15, -0.1) is 0 Å². The number of ether oxygens (including phenoxy) is 1. The average molecular weight is 293 g/mol. The molecule has 2 fully saturated rings. The van der Waals surface area contributed by atoms with Crippen molar-refractivity contribution in [1.82, 2.24) is 0 Å². The Labute approximate surface area is 121 Å². The lowest BCUT2D eigenvalue weighted by molar-refractivity contribution is -0.147. The Morgan fingerprint density at radius 3 is 2.57 bits per heavy atom. The molecule has 6 heteroatoms. The first-order valence-corrected chi connectivity index (χ1v) is 6.92. The number of hydrogen-bond acceptors (Lipinski definition) is 3. The van der Waals surface area contributed by atoms with Crippen molar-refractivity contribution in [3.8, 4) is 0 Å². The van der Waals surface area contributed by atoms with Crippen LogP contribution in [0, 0.1) is 24.6 Å². The SMILES string of the molecule is Cc1ccc(NC(=O)[C@H]2[C@@H](C(=O)O)[C@@H]3CC[C@H]2O3)cc1F. The third-order valence-corrected chi connectivity index (χ3v) is 4.30. The molecule has 4 atom stereocenters. The molecule has 112 valence electrons. The van der Waals surface area contributed by atoms with Gasteiger partial charge in [0.1, 0.15) is 5.82 Å². The van der Waals surface area contributed by atoms with Gasteiger partial charge in [0.15, 0.2) is 0 Å². The van der Waals surface area contributed by atoms with E-state index in [1.54, 1.807) is 19.1 Å². The molecular formula is C15H16FNO4. The number of rotatable bonds is 3. The van der Waals surface area contributed by atoms with Crippen molar-refractivity contribution >= 4 is 17.6 Å². The summed E-state index contributed by atoms with van der Waals surface area (Å²) in [5.74, 6) is -3.38. The van der Waals surface area contributed by atoms with E-state index < -0.39 is 35.6 Å². The summed E-state index contributed by atoms with van der Waals surface area (Å²) in [6.07, 6.45) is 0.615. The molecule has 0 aromatic heterocycles. The standard InChI is InChI=1S/C15H16FNO4/c1-7-2-3-8(6-9(7)16)17-14(18)12-10-4-5-11(21-10)13(12)15(19)20/h2-3,6,10-13H,4-5H2,1H3,(H,17,18)(H,19,20)/t10-,11+,12-,13+/m1/s1. The summed E-state index contributed by atoms with van der Waals surface area (Å²) in [6.45, 7) is 1.63. The second-order valence-electron chi connectivity index (χ2n) is 5.63. The molecule has 3 rings (SSSR count). The monoisotopic (exact) mass is 293 g/mol. The van der Waals surface area contributed by atoms with E-state index in [0.717, 1.165) is 0 Å². The molecule has 0 saturated carbocycles. The smallest absolute Gasteiger partial charge is 0.310 e. The van der Waals surface area contributed by atoms with Crippen LogP contribution in [0.15, 0.2) is 18.2 Å². The number of hydrogen-bond donors (Lipinski definition) is 2. The van der Waals surface area contributed by atoms with Crippen LogP contribution in [-0.2, 0) is 14.3 Å². The molecule has 1 aromatic carbocycles. The number of nitrogens with one attached hydrogen (secondary N) is 1. The number of carbonyl (C=O) groups is 2. The van der Waals surface area contributed by atoms with Crippen LogP contribution in [0.3, 0.4) is 0 Å². The highest BCUT2D eigenvalue weighted by molar-refractivity contribution is 5.96. The molecule has 2 aliphatic rings. The van der Waals surface area contributed by atoms with Crippen molar-refractivity contribution in [2.75, 3.05) is 5.32 Å². The minimum Gasteiger partial charge on any atom is -0.481 e. The Kier molecular flexibility index (Phi) is 3.41. The number of carboxylic acids is 1. The maximum atomic E-state index is 13.5. The molecule has 2 saturated heterocycles. The molecule has 2 aliphatic heterocycles. The number of carboxylic acid groups (broad SMARTS) is 1. The zero-order valence-corrected chi connectivity index (χ0v) is 11.5. The van der Waals surface area contributed by atoms with E-state index in [4.69, 9.17) is 4.74 Å². The van der Waals surface area contributed by atoms with E-state index >= 15 is 0 Å². The van der Waals surface area contributed by atoms with Crippen LogP contribution in [0.1, 0.15) is 18.4 Å². The van der Waals surface area contributed by atoms with E-state index in [1.807, 2.05) is 0 Å². The van der Waals surface area contributed by atoms with Crippen molar-refractivity contribution < 1.29 is 23.8 Å². The Morgan fingerprint density at radius 1 is 1.29 bits per heavy atom. The topological polar surface area (TPSA) is 75.6 Å². The van der Waals surface area contributed by atoms with Crippen LogP contribution < -0.4 is 5.32 Å². The first kappa shape index (κ1) is 14.0. The number of carbonyl (C=O) groups excluding carboxylic acids is 1. The fourth-order valence-corrected chi connectivity index (χ4v) is 3.22. The lowest BCUT2D eigenvalue weighted by atomic mass is 9.78. The Balaban J connectivity index is 1.78. The predicted molar refractivity (Wildman–Crippen MR) is 72.3 cm³/mol. The zero-order chi connectivity index (χ0) is 15.1. The lowest BCUT2D eigenvalue weighted by Crippen LogP contribution is -2.40. The summed E-state index contributed by atoms with van der Waals surface area (Å²) in [4.78, 5) is 23.7. The Morgan fingerprint density at radius 2 is 1.95 bits per heavy atom. The summed E-state index contributed by atoms with van der Waals surface area (Å²) in [5, 5.41) is 11.9. The maximum Gasteiger partial charge on any atom is 0.310 e. The Bertz CT molecular complexity index is 603. The maximum absolute atomic E-state index is 13.5. The van der Waals surface area contributed by atoms with Gasteiger partial charge in [-0.25, -0.2) is 4.39 Å². The normalized spacial score (nSPS) is 30.4. The van der Waals surface area contributed by atoms with Crippen molar-refractivity contribution in [3.05, 3.63) is 29.6 Å². The van der Waals surface area contributed by atoms with Gasteiger partial charge in [0.25, 0.3) is 0 Å². The largest absolute Gasteiger partial charge is 0.481 e. The summed E-state index contributed by atoms with van der Waals surface area (Å²) >= 11 is 0. The fourth-order valence-electron chi connectivity index (χ4n) is 3.22. The van der Waals surface area contributed by atoms with Crippen molar-refractivity contribution in [3.63, 3.8) is 0 Å². The summed E-state index contributed by atoms with van der Waals surface area (Å²) in [6, 6.07) is 4.40. The molecule has 1 amide bonds. The molecule has 2 bridgehead atoms. The molecule has 0 aliphatic carbocycles. The van der Waals surface area contributed by atoms with Crippen LogP contribution in [0.2, 0.25) is 0 Å². The van der Waals surface area contributed by atoms with Gasteiger partial charge in [-0.3, -0.25) is 9.59 Å². The average Bonchev–Trinajstić information content (AvgIpc) is 3.03. The van der Waals surface area contributed by atoms with Gasteiger partial charge in [0.05, 0.1) is 24.0 Å². The molecule has 2 heterocycles. The predicted octanol–water partition coefficient (Wildman–Crippen LogP) is 1.95. The van der Waals surface area contributed by atoms with Gasteiger partial charge >= 0.3 is 5.97 Å². The van der Waals surface area contributed by atoms with Gasteiger partial charge in [-0.1, -0.05) is 6.07 Å². The number of benzene rings is 1. The highest BCUT2D eigenvalue weighted by Gasteiger charge is 2.55. The molecular weight excluding hydrogens is 277 g/mol. The minimum absolute atomic E-state index is 0.329. The van der Waals surface area contributed by atoms with Crippen LogP contribution in [0.25, 0.3) is 0 Å². The van der Waals surface area contributed by atoms with E-state index in [9.17, 15) is 19.1 Å². The van der Waals surface area contributed by atoms with E-state index in [2.05, 4.69) is 5.32 Å². The first-order valence-electron chi connectivity index (χ1n) is 6.92. The van der Waals surface area contributed by atoms with Crippen molar-refractivity contribution in [2.45, 2.75) is 32.0 Å². The second kappa shape index (κ2) is 5.11. The summed E-state index contributed by atoms with van der Waals surface area (Å²) in [5.41, 5.74) is 0.815. The quantitative estimate of drug-likeness (QED) is 0.893. The number of fused-ring (bicyclic) bond motifs is 2. The van der Waals surface area contributed by atoms with Gasteiger partial charge < -0.3 is 15.2 Å². The van der Waals surface area contributed by atoms with Gasteiger partial charge in [0, 0.05) is 5.69 Å². The first-order chi connectivity index (χ1) is 9.97.